The Morgan fingerprint density at radius 2 is 2.18 bits per heavy atom. The number of piperazine rings is 1. The van der Waals surface area contributed by atoms with E-state index < -0.39 is 0 Å². The minimum Gasteiger partial charge on any atom is -0.292 e. The van der Waals surface area contributed by atoms with Crippen LogP contribution in [0.5, 0.6) is 0 Å². The van der Waals surface area contributed by atoms with E-state index >= 15 is 0 Å². The molecule has 0 spiro atoms. The first-order chi connectivity index (χ1) is 5.33. The number of hydrogen-bond acceptors (Lipinski definition) is 3. The van der Waals surface area contributed by atoms with Gasteiger partial charge in [0.1, 0.15) is 0 Å². The van der Waals surface area contributed by atoms with Crippen LogP contribution in [0.2, 0.25) is 0 Å². The number of hydrogen-bond donors (Lipinski definition) is 2. The molecule has 0 unspecified atom stereocenters. The van der Waals surface area contributed by atoms with Crippen LogP contribution in [0.25, 0.3) is 0 Å². The third kappa shape index (κ3) is 2.83. The zero-order valence-electron chi connectivity index (χ0n) is 6.29. The second kappa shape index (κ2) is 4.27. The van der Waals surface area contributed by atoms with Crippen LogP contribution in [0.15, 0.2) is 0 Å². The SMILES string of the molecule is O=C(CN1CC[N]CC1)NO. The van der Waals surface area contributed by atoms with Crippen molar-refractivity contribution >= 4 is 5.91 Å². The van der Waals surface area contributed by atoms with Crippen molar-refractivity contribution in [3.63, 3.8) is 0 Å². The predicted molar refractivity (Wildman–Crippen MR) is 38.2 cm³/mol. The summed E-state index contributed by atoms with van der Waals surface area (Å²) in [5.74, 6) is -0.355. The van der Waals surface area contributed by atoms with E-state index in [1.54, 1.807) is 5.48 Å². The van der Waals surface area contributed by atoms with Crippen LogP contribution in [-0.2, 0) is 4.79 Å². The first kappa shape index (κ1) is 8.45. The summed E-state index contributed by atoms with van der Waals surface area (Å²) in [6, 6.07) is 0. The summed E-state index contributed by atoms with van der Waals surface area (Å²) in [5, 5.41) is 12.3. The molecule has 0 aromatic rings. The second-order valence-corrected chi connectivity index (χ2v) is 2.48. The molecule has 1 saturated heterocycles. The molecule has 1 heterocycles. The van der Waals surface area contributed by atoms with Crippen molar-refractivity contribution in [1.29, 1.82) is 0 Å². The van der Waals surface area contributed by atoms with Crippen molar-refractivity contribution in [2.45, 2.75) is 0 Å². The number of hydroxylamine groups is 1. The monoisotopic (exact) mass is 158 g/mol. The number of carbonyl (C=O) groups excluding carboxylic acids is 1. The molecule has 0 atom stereocenters. The predicted octanol–water partition coefficient (Wildman–Crippen LogP) is -1.59. The van der Waals surface area contributed by atoms with Gasteiger partial charge in [0.15, 0.2) is 0 Å². The Labute approximate surface area is 65.3 Å². The Hall–Kier alpha value is -0.650. The Kier molecular flexibility index (Phi) is 3.28. The zero-order chi connectivity index (χ0) is 8.10. The first-order valence-electron chi connectivity index (χ1n) is 3.61. The molecule has 1 amide bonds. The van der Waals surface area contributed by atoms with Gasteiger partial charge in [-0.1, -0.05) is 0 Å². The Bertz CT molecular complexity index is 134. The van der Waals surface area contributed by atoms with Crippen LogP contribution >= 0.6 is 0 Å². The highest BCUT2D eigenvalue weighted by atomic mass is 16.5. The Morgan fingerprint density at radius 3 is 2.73 bits per heavy atom. The molecule has 1 fully saturated rings. The van der Waals surface area contributed by atoms with E-state index in [9.17, 15) is 4.79 Å². The van der Waals surface area contributed by atoms with Gasteiger partial charge in [0, 0.05) is 26.2 Å². The molecule has 1 rings (SSSR count). The van der Waals surface area contributed by atoms with Gasteiger partial charge >= 0.3 is 0 Å². The number of nitrogens with one attached hydrogen (secondary N) is 1. The smallest absolute Gasteiger partial charge is 0.257 e. The van der Waals surface area contributed by atoms with E-state index in [0.717, 1.165) is 26.2 Å². The van der Waals surface area contributed by atoms with Gasteiger partial charge in [-0.3, -0.25) is 14.9 Å². The molecule has 0 aromatic carbocycles. The van der Waals surface area contributed by atoms with Gasteiger partial charge < -0.3 is 0 Å². The topological polar surface area (TPSA) is 66.7 Å². The molecule has 63 valence electrons. The molecule has 1 radical (unpaired) electrons. The zero-order valence-corrected chi connectivity index (χ0v) is 6.29. The Morgan fingerprint density at radius 1 is 1.55 bits per heavy atom. The van der Waals surface area contributed by atoms with E-state index in [1.807, 2.05) is 4.90 Å². The molecule has 0 saturated carbocycles. The van der Waals surface area contributed by atoms with Gasteiger partial charge in [0.25, 0.3) is 5.91 Å². The molecule has 0 aromatic heterocycles. The van der Waals surface area contributed by atoms with E-state index in [-0.39, 0.29) is 12.5 Å². The fraction of sp³-hybridized carbons (Fsp3) is 0.833. The van der Waals surface area contributed by atoms with Crippen molar-refractivity contribution in [3.8, 4) is 0 Å². The lowest BCUT2D eigenvalue weighted by Gasteiger charge is -2.24. The summed E-state index contributed by atoms with van der Waals surface area (Å²) in [7, 11) is 0. The minimum absolute atomic E-state index is 0.270. The summed E-state index contributed by atoms with van der Waals surface area (Å²) in [6.07, 6.45) is 0. The standard InChI is InChI=1S/C6H12N3O2/c10-6(8-11)5-9-3-1-7-2-4-9/h11H,1-5H2,(H,8,10). The fourth-order valence-corrected chi connectivity index (χ4v) is 1.04. The highest BCUT2D eigenvalue weighted by molar-refractivity contribution is 5.76. The number of carbonyl (C=O) groups is 1. The van der Waals surface area contributed by atoms with Gasteiger partial charge in [-0.15, -0.1) is 0 Å². The highest BCUT2D eigenvalue weighted by Gasteiger charge is 2.12. The lowest BCUT2D eigenvalue weighted by Crippen LogP contribution is -2.44. The summed E-state index contributed by atoms with van der Waals surface area (Å²) in [4.78, 5) is 12.6. The van der Waals surface area contributed by atoms with Gasteiger partial charge in [-0.05, 0) is 0 Å². The normalized spacial score (nSPS) is 19.7. The molecule has 11 heavy (non-hydrogen) atoms. The maximum absolute atomic E-state index is 10.6. The lowest BCUT2D eigenvalue weighted by atomic mass is 10.3. The minimum atomic E-state index is -0.355. The van der Waals surface area contributed by atoms with Crippen LogP contribution in [0.4, 0.5) is 0 Å². The maximum Gasteiger partial charge on any atom is 0.257 e. The van der Waals surface area contributed by atoms with Crippen molar-refractivity contribution < 1.29 is 10.0 Å². The van der Waals surface area contributed by atoms with Crippen LogP contribution in [-0.4, -0.2) is 48.7 Å². The summed E-state index contributed by atoms with van der Waals surface area (Å²) in [5.41, 5.74) is 1.60. The first-order valence-corrected chi connectivity index (χ1v) is 3.61. The third-order valence-electron chi connectivity index (χ3n) is 1.64. The molecular weight excluding hydrogens is 146 g/mol. The molecule has 5 heteroatoms. The molecule has 5 nitrogen and oxygen atoms in total. The maximum atomic E-state index is 10.6. The highest BCUT2D eigenvalue weighted by Crippen LogP contribution is 1.91. The van der Waals surface area contributed by atoms with Crippen molar-refractivity contribution in [1.82, 2.24) is 15.7 Å². The average molecular weight is 158 g/mol. The molecular formula is C6H12N3O2. The number of rotatable bonds is 2. The fourth-order valence-electron chi connectivity index (χ4n) is 1.04. The second-order valence-electron chi connectivity index (χ2n) is 2.48. The van der Waals surface area contributed by atoms with E-state index in [1.165, 1.54) is 0 Å². The van der Waals surface area contributed by atoms with Gasteiger partial charge in [-0.2, -0.15) is 0 Å². The summed E-state index contributed by atoms with van der Waals surface area (Å²) in [6.45, 7) is 3.48. The number of nitrogens with zero attached hydrogens (tertiary/aromatic N) is 2. The van der Waals surface area contributed by atoms with E-state index in [0.29, 0.717) is 0 Å². The summed E-state index contributed by atoms with van der Waals surface area (Å²) >= 11 is 0. The van der Waals surface area contributed by atoms with E-state index in [2.05, 4.69) is 5.32 Å². The largest absolute Gasteiger partial charge is 0.292 e. The third-order valence-corrected chi connectivity index (χ3v) is 1.64. The van der Waals surface area contributed by atoms with E-state index in [4.69, 9.17) is 5.21 Å². The number of amides is 1. The van der Waals surface area contributed by atoms with Crippen LogP contribution in [0.3, 0.4) is 0 Å². The van der Waals surface area contributed by atoms with Crippen molar-refractivity contribution in [3.05, 3.63) is 0 Å². The molecule has 0 bridgehead atoms. The van der Waals surface area contributed by atoms with Crippen LogP contribution < -0.4 is 10.8 Å². The van der Waals surface area contributed by atoms with Gasteiger partial charge in [0.2, 0.25) is 0 Å². The average Bonchev–Trinajstić information content (AvgIpc) is 2.06. The quantitative estimate of drug-likeness (QED) is 0.376. The molecule has 0 aliphatic carbocycles. The van der Waals surface area contributed by atoms with Crippen molar-refractivity contribution in [2.24, 2.45) is 0 Å². The van der Waals surface area contributed by atoms with Crippen LogP contribution in [0.1, 0.15) is 0 Å². The lowest BCUT2D eigenvalue weighted by molar-refractivity contribution is -0.130. The Balaban J connectivity index is 2.19. The summed E-state index contributed by atoms with van der Waals surface area (Å²) < 4.78 is 0. The molecule has 1 aliphatic rings. The van der Waals surface area contributed by atoms with Gasteiger partial charge in [0.05, 0.1) is 6.54 Å². The van der Waals surface area contributed by atoms with Crippen molar-refractivity contribution in [2.75, 3.05) is 32.7 Å². The molecule has 1 aliphatic heterocycles. The molecule has 2 N–H and O–H groups in total. The van der Waals surface area contributed by atoms with Crippen LogP contribution in [0, 0.1) is 0 Å². The van der Waals surface area contributed by atoms with Gasteiger partial charge in [-0.25, -0.2) is 10.8 Å².